The monoisotopic (exact) mass is 302 g/mol. The maximum absolute atomic E-state index is 9.36. The number of piperidine rings is 1. The molecule has 2 rings (SSSR count). The van der Waals surface area contributed by atoms with E-state index in [0.717, 1.165) is 31.6 Å². The van der Waals surface area contributed by atoms with Gasteiger partial charge in [0.2, 0.25) is 0 Å². The van der Waals surface area contributed by atoms with Gasteiger partial charge in [-0.3, -0.25) is 4.90 Å². The number of aliphatic hydroxyl groups is 1. The molecule has 1 fully saturated rings. The summed E-state index contributed by atoms with van der Waals surface area (Å²) < 4.78 is 0. The molecule has 1 aliphatic heterocycles. The van der Waals surface area contributed by atoms with Crippen LogP contribution in [0.2, 0.25) is 0 Å². The smallest absolute Gasteiger partial charge is 0.0928 e. The number of thiazole rings is 1. The molecule has 2 heterocycles. The molecule has 0 aromatic carbocycles. The van der Waals surface area contributed by atoms with Gasteiger partial charge in [0.05, 0.1) is 23.2 Å². The Morgan fingerprint density at radius 3 is 3.05 bits per heavy atom. The molecule has 5 heteroatoms. The molecule has 1 aromatic rings. The van der Waals surface area contributed by atoms with Crippen LogP contribution in [-0.2, 0) is 12.3 Å². The van der Waals surface area contributed by atoms with Gasteiger partial charge in [-0.25, -0.2) is 4.98 Å². The predicted molar refractivity (Wildman–Crippen MR) is 80.9 cm³/mol. The Morgan fingerprint density at radius 2 is 2.32 bits per heavy atom. The fraction of sp³-hybridized carbons (Fsp3) is 0.786. The largest absolute Gasteiger partial charge is 0.395 e. The van der Waals surface area contributed by atoms with E-state index < -0.39 is 0 Å². The summed E-state index contributed by atoms with van der Waals surface area (Å²) in [5.41, 5.74) is 0.998. The molecular formula is C14H23ClN2OS. The molecule has 0 saturated carbocycles. The normalized spacial score (nSPS) is 20.8. The van der Waals surface area contributed by atoms with E-state index in [-0.39, 0.29) is 0 Å². The topological polar surface area (TPSA) is 36.4 Å². The van der Waals surface area contributed by atoms with Crippen LogP contribution in [0.3, 0.4) is 0 Å². The highest BCUT2D eigenvalue weighted by Gasteiger charge is 2.20. The van der Waals surface area contributed by atoms with Crippen LogP contribution in [0.5, 0.6) is 0 Å². The zero-order valence-corrected chi connectivity index (χ0v) is 12.9. The maximum Gasteiger partial charge on any atom is 0.0928 e. The number of alkyl halides is 1. The Hall–Kier alpha value is -0.160. The number of aromatic nitrogens is 1. The van der Waals surface area contributed by atoms with E-state index in [4.69, 9.17) is 11.6 Å². The predicted octanol–water partition coefficient (Wildman–Crippen LogP) is 3.05. The van der Waals surface area contributed by atoms with Crippen molar-refractivity contribution in [1.29, 1.82) is 0 Å². The first-order valence-electron chi connectivity index (χ1n) is 7.17. The SMILES string of the molecule is OCC1CCCCN1CCCCc1nc(CCl)cs1. The first kappa shape index (κ1) is 15.2. The summed E-state index contributed by atoms with van der Waals surface area (Å²) in [6, 6.07) is 0.400. The second kappa shape index (κ2) is 8.20. The molecule has 1 aliphatic rings. The number of likely N-dealkylation sites (tertiary alicyclic amines) is 1. The minimum atomic E-state index is 0.311. The van der Waals surface area contributed by atoms with Crippen LogP contribution in [0.1, 0.15) is 42.8 Å². The first-order valence-corrected chi connectivity index (χ1v) is 8.59. The molecule has 108 valence electrons. The number of aliphatic hydroxyl groups excluding tert-OH is 1. The van der Waals surface area contributed by atoms with E-state index >= 15 is 0 Å². The highest BCUT2D eigenvalue weighted by atomic mass is 35.5. The molecule has 0 radical (unpaired) electrons. The molecule has 3 nitrogen and oxygen atoms in total. The average Bonchev–Trinajstić information content (AvgIpc) is 2.92. The van der Waals surface area contributed by atoms with Crippen molar-refractivity contribution in [3.8, 4) is 0 Å². The standard InChI is InChI=1S/C14H23ClN2OS/c15-9-12-11-19-14(16-12)6-2-4-8-17-7-3-1-5-13(17)10-18/h11,13,18H,1-10H2. The molecule has 0 amide bonds. The molecule has 1 unspecified atom stereocenters. The summed E-state index contributed by atoms with van der Waals surface area (Å²) in [4.78, 5) is 6.93. The van der Waals surface area contributed by atoms with Crippen molar-refractivity contribution in [2.24, 2.45) is 0 Å². The van der Waals surface area contributed by atoms with Crippen molar-refractivity contribution in [2.45, 2.75) is 50.4 Å². The minimum absolute atomic E-state index is 0.311. The number of halogens is 1. The van der Waals surface area contributed by atoms with Crippen molar-refractivity contribution in [3.05, 3.63) is 16.1 Å². The molecule has 0 spiro atoms. The summed E-state index contributed by atoms with van der Waals surface area (Å²) in [6.07, 6.45) is 7.11. The first-order chi connectivity index (χ1) is 9.33. The van der Waals surface area contributed by atoms with Crippen LogP contribution in [0.25, 0.3) is 0 Å². The van der Waals surface area contributed by atoms with Crippen molar-refractivity contribution >= 4 is 22.9 Å². The van der Waals surface area contributed by atoms with Crippen LogP contribution in [-0.4, -0.2) is 40.7 Å². The van der Waals surface area contributed by atoms with Crippen LogP contribution >= 0.6 is 22.9 Å². The molecule has 19 heavy (non-hydrogen) atoms. The van der Waals surface area contributed by atoms with Gasteiger partial charge in [-0.05, 0) is 45.2 Å². The highest BCUT2D eigenvalue weighted by Crippen LogP contribution is 2.18. The van der Waals surface area contributed by atoms with Crippen molar-refractivity contribution < 1.29 is 5.11 Å². The molecular weight excluding hydrogens is 280 g/mol. The molecule has 1 aromatic heterocycles. The van der Waals surface area contributed by atoms with Crippen LogP contribution in [0.15, 0.2) is 5.38 Å². The third kappa shape index (κ3) is 4.71. The third-order valence-electron chi connectivity index (χ3n) is 3.78. The fourth-order valence-electron chi connectivity index (χ4n) is 2.68. The van der Waals surface area contributed by atoms with Gasteiger partial charge < -0.3 is 5.11 Å². The van der Waals surface area contributed by atoms with Gasteiger partial charge in [0.15, 0.2) is 0 Å². The van der Waals surface area contributed by atoms with Gasteiger partial charge in [-0.2, -0.15) is 0 Å². The van der Waals surface area contributed by atoms with E-state index in [0.29, 0.717) is 18.5 Å². The van der Waals surface area contributed by atoms with Crippen molar-refractivity contribution in [1.82, 2.24) is 9.88 Å². The maximum atomic E-state index is 9.36. The summed E-state index contributed by atoms with van der Waals surface area (Å²) in [5.74, 6) is 0.516. The van der Waals surface area contributed by atoms with Crippen LogP contribution in [0.4, 0.5) is 0 Å². The zero-order valence-electron chi connectivity index (χ0n) is 11.4. The zero-order chi connectivity index (χ0) is 13.5. The van der Waals surface area contributed by atoms with E-state index in [1.807, 2.05) is 0 Å². The van der Waals surface area contributed by atoms with Gasteiger partial charge in [0.1, 0.15) is 0 Å². The van der Waals surface area contributed by atoms with Gasteiger partial charge in [0, 0.05) is 11.4 Å². The van der Waals surface area contributed by atoms with Crippen LogP contribution in [0, 0.1) is 0 Å². The summed E-state index contributed by atoms with van der Waals surface area (Å²) in [5, 5.41) is 12.6. The van der Waals surface area contributed by atoms with E-state index in [1.165, 1.54) is 30.7 Å². The fourth-order valence-corrected chi connectivity index (χ4v) is 3.75. The number of aryl methyl sites for hydroxylation is 1. The van der Waals surface area contributed by atoms with E-state index in [9.17, 15) is 5.11 Å². The van der Waals surface area contributed by atoms with E-state index in [2.05, 4.69) is 15.3 Å². The van der Waals surface area contributed by atoms with Crippen molar-refractivity contribution in [3.63, 3.8) is 0 Å². The lowest BCUT2D eigenvalue weighted by atomic mass is 10.0. The Labute approximate surface area is 124 Å². The lowest BCUT2D eigenvalue weighted by Gasteiger charge is -2.34. The Kier molecular flexibility index (Phi) is 6.57. The number of hydrogen-bond acceptors (Lipinski definition) is 4. The lowest BCUT2D eigenvalue weighted by molar-refractivity contribution is 0.0888. The molecule has 0 bridgehead atoms. The highest BCUT2D eigenvalue weighted by molar-refractivity contribution is 7.09. The molecule has 1 saturated heterocycles. The minimum Gasteiger partial charge on any atom is -0.395 e. The van der Waals surface area contributed by atoms with Crippen molar-refractivity contribution in [2.75, 3.05) is 19.7 Å². The average molecular weight is 303 g/mol. The molecule has 1 atom stereocenters. The lowest BCUT2D eigenvalue weighted by Crippen LogP contribution is -2.42. The Bertz CT molecular complexity index is 372. The molecule has 0 aliphatic carbocycles. The van der Waals surface area contributed by atoms with Gasteiger partial charge >= 0.3 is 0 Å². The second-order valence-corrected chi connectivity index (χ2v) is 6.40. The van der Waals surface area contributed by atoms with Gasteiger partial charge in [0.25, 0.3) is 0 Å². The van der Waals surface area contributed by atoms with Gasteiger partial charge in [-0.1, -0.05) is 6.42 Å². The third-order valence-corrected chi connectivity index (χ3v) is 5.01. The van der Waals surface area contributed by atoms with E-state index in [1.54, 1.807) is 11.3 Å². The summed E-state index contributed by atoms with van der Waals surface area (Å²) in [6.45, 7) is 2.57. The summed E-state index contributed by atoms with van der Waals surface area (Å²) in [7, 11) is 0. The van der Waals surface area contributed by atoms with Crippen LogP contribution < -0.4 is 0 Å². The Morgan fingerprint density at radius 1 is 1.42 bits per heavy atom. The molecule has 1 N–H and O–H groups in total. The Balaban J connectivity index is 1.65. The summed E-state index contributed by atoms with van der Waals surface area (Å²) >= 11 is 7.46. The number of hydrogen-bond donors (Lipinski definition) is 1. The quantitative estimate of drug-likeness (QED) is 0.621. The number of nitrogens with zero attached hydrogens (tertiary/aromatic N) is 2. The second-order valence-electron chi connectivity index (χ2n) is 5.19. The number of rotatable bonds is 7. The number of unbranched alkanes of at least 4 members (excludes halogenated alkanes) is 1. The van der Waals surface area contributed by atoms with Gasteiger partial charge in [-0.15, -0.1) is 22.9 Å².